The maximum atomic E-state index is 7.14. The first-order valence-electron chi connectivity index (χ1n) is 27.3. The van der Waals surface area contributed by atoms with Crippen molar-refractivity contribution in [2.75, 3.05) is 0 Å². The van der Waals surface area contributed by atoms with Crippen LogP contribution in [0.2, 0.25) is 0 Å². The first-order chi connectivity index (χ1) is 39.6. The van der Waals surface area contributed by atoms with Crippen molar-refractivity contribution in [2.24, 2.45) is 4.99 Å². The molecule has 15 rings (SSSR count). The minimum atomic E-state index is -0.718. The SMILES string of the molecule is C1=C(c2ccc(-c3ccccc3)cc2)N=C(c2ccc(-c3ccccc3)cc2)NC1c1ccc2c(c1)Oc1ccccc1C21c2ccccc2-c2ccc(-c3cc(-c4ccccc4)nc(-c4ccc(-c5ccccc5)cc4)n3)cc21. The summed E-state index contributed by atoms with van der Waals surface area (Å²) in [5, 5.41) is 3.87. The molecule has 3 aliphatic rings. The number of benzene rings is 11. The van der Waals surface area contributed by atoms with Crippen LogP contribution in [0.1, 0.15) is 45.0 Å². The molecule has 2 aliphatic heterocycles. The van der Waals surface area contributed by atoms with Crippen LogP contribution in [0.3, 0.4) is 0 Å². The summed E-state index contributed by atoms with van der Waals surface area (Å²) in [5.41, 5.74) is 21.9. The number of amidine groups is 1. The molecule has 0 saturated carbocycles. The largest absolute Gasteiger partial charge is 0.457 e. The van der Waals surface area contributed by atoms with E-state index in [4.69, 9.17) is 19.7 Å². The molecule has 1 N–H and O–H groups in total. The molecule has 5 heteroatoms. The fourth-order valence-corrected chi connectivity index (χ4v) is 12.1. The fraction of sp³-hybridized carbons (Fsp3) is 0.0267. The maximum Gasteiger partial charge on any atom is 0.160 e. The van der Waals surface area contributed by atoms with Gasteiger partial charge in [-0.3, -0.25) is 0 Å². The molecule has 1 aromatic heterocycles. The van der Waals surface area contributed by atoms with Crippen molar-refractivity contribution in [1.29, 1.82) is 0 Å². The highest BCUT2D eigenvalue weighted by molar-refractivity contribution is 6.04. The summed E-state index contributed by atoms with van der Waals surface area (Å²) in [7, 11) is 0. The minimum Gasteiger partial charge on any atom is -0.457 e. The predicted molar refractivity (Wildman–Crippen MR) is 325 cm³/mol. The van der Waals surface area contributed by atoms with Gasteiger partial charge < -0.3 is 10.1 Å². The van der Waals surface area contributed by atoms with Crippen LogP contribution in [0.15, 0.2) is 296 Å². The van der Waals surface area contributed by atoms with E-state index < -0.39 is 5.41 Å². The smallest absolute Gasteiger partial charge is 0.160 e. The lowest BCUT2D eigenvalue weighted by Gasteiger charge is -2.40. The van der Waals surface area contributed by atoms with E-state index >= 15 is 0 Å². The number of fused-ring (bicyclic) bond motifs is 9. The maximum absolute atomic E-state index is 7.14. The van der Waals surface area contributed by atoms with Gasteiger partial charge in [0.15, 0.2) is 5.82 Å². The van der Waals surface area contributed by atoms with E-state index in [9.17, 15) is 0 Å². The number of aromatic nitrogens is 2. The van der Waals surface area contributed by atoms with Crippen LogP contribution in [0.4, 0.5) is 0 Å². The molecule has 2 unspecified atom stereocenters. The fourth-order valence-electron chi connectivity index (χ4n) is 12.1. The lowest BCUT2D eigenvalue weighted by molar-refractivity contribution is 0.435. The number of nitrogens with zero attached hydrogens (tertiary/aromatic N) is 3. The first-order valence-corrected chi connectivity index (χ1v) is 27.3. The second kappa shape index (κ2) is 19.5. The summed E-state index contributed by atoms with van der Waals surface area (Å²) in [6.07, 6.45) is 2.25. The highest BCUT2D eigenvalue weighted by Gasteiger charge is 2.51. The van der Waals surface area contributed by atoms with Crippen LogP contribution in [0, 0.1) is 0 Å². The Morgan fingerprint density at radius 3 is 1.41 bits per heavy atom. The number of hydrogen-bond donors (Lipinski definition) is 1. The zero-order valence-corrected chi connectivity index (χ0v) is 43.5. The van der Waals surface area contributed by atoms with Gasteiger partial charge in [-0.1, -0.05) is 261 Å². The summed E-state index contributed by atoms with van der Waals surface area (Å²) < 4.78 is 7.14. The third-order valence-corrected chi connectivity index (χ3v) is 16.1. The molecule has 0 amide bonds. The molecular formula is C75H50N4O. The molecule has 11 aromatic carbocycles. The van der Waals surface area contributed by atoms with Crippen molar-refractivity contribution in [3.05, 3.63) is 330 Å². The van der Waals surface area contributed by atoms with E-state index in [2.05, 4.69) is 284 Å². The molecule has 80 heavy (non-hydrogen) atoms. The van der Waals surface area contributed by atoms with E-state index in [1.165, 1.54) is 38.9 Å². The Morgan fingerprint density at radius 1 is 0.325 bits per heavy atom. The van der Waals surface area contributed by atoms with Crippen LogP contribution in [0.25, 0.3) is 84.1 Å². The van der Waals surface area contributed by atoms with Gasteiger partial charge in [-0.2, -0.15) is 0 Å². The highest BCUT2D eigenvalue weighted by atomic mass is 16.5. The van der Waals surface area contributed by atoms with E-state index in [1.54, 1.807) is 0 Å². The topological polar surface area (TPSA) is 59.4 Å². The molecule has 0 radical (unpaired) electrons. The third kappa shape index (κ3) is 8.14. The quantitative estimate of drug-likeness (QED) is 0.157. The third-order valence-electron chi connectivity index (χ3n) is 16.1. The van der Waals surface area contributed by atoms with Crippen molar-refractivity contribution in [1.82, 2.24) is 15.3 Å². The molecule has 0 bridgehead atoms. The van der Waals surface area contributed by atoms with Crippen molar-refractivity contribution in [3.63, 3.8) is 0 Å². The summed E-state index contributed by atoms with van der Waals surface area (Å²) >= 11 is 0. The zero-order valence-electron chi connectivity index (χ0n) is 43.5. The molecule has 1 aliphatic carbocycles. The molecule has 1 spiro atoms. The summed E-state index contributed by atoms with van der Waals surface area (Å²) in [5.74, 6) is 3.11. The Balaban J connectivity index is 0.857. The minimum absolute atomic E-state index is 0.239. The Hall–Kier alpha value is -10.5. The van der Waals surface area contributed by atoms with Gasteiger partial charge in [-0.05, 0) is 97.1 Å². The van der Waals surface area contributed by atoms with Gasteiger partial charge in [0, 0.05) is 33.4 Å². The lowest BCUT2D eigenvalue weighted by atomic mass is 9.65. The van der Waals surface area contributed by atoms with Crippen molar-refractivity contribution in [3.8, 4) is 89.9 Å². The van der Waals surface area contributed by atoms with Crippen LogP contribution >= 0.6 is 0 Å². The van der Waals surface area contributed by atoms with E-state index in [-0.39, 0.29) is 6.04 Å². The Kier molecular flexibility index (Phi) is 11.4. The number of aliphatic imine (C=N–C) groups is 1. The zero-order chi connectivity index (χ0) is 53.0. The number of hydrogen-bond acceptors (Lipinski definition) is 5. The average Bonchev–Trinajstić information content (AvgIpc) is 3.76. The first kappa shape index (κ1) is 46.8. The molecule has 0 fully saturated rings. The van der Waals surface area contributed by atoms with Crippen LogP contribution in [-0.4, -0.2) is 15.8 Å². The van der Waals surface area contributed by atoms with E-state index in [0.29, 0.717) is 5.82 Å². The van der Waals surface area contributed by atoms with Gasteiger partial charge in [0.1, 0.15) is 17.3 Å². The van der Waals surface area contributed by atoms with E-state index in [1.807, 2.05) is 12.1 Å². The summed E-state index contributed by atoms with van der Waals surface area (Å²) in [6.45, 7) is 0. The molecule has 3 heterocycles. The van der Waals surface area contributed by atoms with Gasteiger partial charge in [0.05, 0.1) is 28.5 Å². The van der Waals surface area contributed by atoms with E-state index in [0.717, 1.165) is 95.6 Å². The average molecular weight is 1020 g/mol. The molecule has 376 valence electrons. The lowest BCUT2D eigenvalue weighted by Crippen LogP contribution is -2.33. The summed E-state index contributed by atoms with van der Waals surface area (Å²) in [4.78, 5) is 16.0. The second-order valence-electron chi connectivity index (χ2n) is 20.7. The normalized spacial score (nSPS) is 15.5. The van der Waals surface area contributed by atoms with Gasteiger partial charge in [-0.15, -0.1) is 0 Å². The van der Waals surface area contributed by atoms with Crippen molar-refractivity contribution in [2.45, 2.75) is 11.5 Å². The summed E-state index contributed by atoms with van der Waals surface area (Å²) in [6, 6.07) is 101. The van der Waals surface area contributed by atoms with Crippen LogP contribution in [-0.2, 0) is 5.41 Å². The molecule has 12 aromatic rings. The van der Waals surface area contributed by atoms with Gasteiger partial charge in [-0.25, -0.2) is 15.0 Å². The Labute approximate surface area is 465 Å². The van der Waals surface area contributed by atoms with Crippen LogP contribution < -0.4 is 10.1 Å². The number of ether oxygens (including phenoxy) is 1. The standard InChI is InChI=1S/C75H50N4O/c1-5-17-49(18-6-1)52-29-35-56(36-30-52)68-48-70(79-74(77-68)58-39-33-54(34-40-58)51-21-9-3-10-22-51)60-42-44-65-72(46-60)80-71-28-16-15-27-64(71)75(65)63-26-14-13-25-61(63)62-43-41-59(45-66(62)75)69-47-67(55-23-11-4-12-24-55)76-73(78-69)57-37-31-53(32-38-57)50-19-7-2-8-20-50/h1-48,70H,(H,77,79). The molecule has 2 atom stereocenters. The Morgan fingerprint density at radius 2 is 0.787 bits per heavy atom. The van der Waals surface area contributed by atoms with Gasteiger partial charge >= 0.3 is 0 Å². The number of rotatable bonds is 9. The second-order valence-corrected chi connectivity index (χ2v) is 20.7. The Bertz CT molecular complexity index is 4370. The predicted octanol–water partition coefficient (Wildman–Crippen LogP) is 18.1. The van der Waals surface area contributed by atoms with Crippen molar-refractivity contribution < 1.29 is 4.74 Å². The number of para-hydroxylation sites is 1. The number of nitrogens with one attached hydrogen (secondary N) is 1. The van der Waals surface area contributed by atoms with Crippen LogP contribution in [0.5, 0.6) is 11.5 Å². The highest BCUT2D eigenvalue weighted by Crippen LogP contribution is 2.62. The molecule has 5 nitrogen and oxygen atoms in total. The van der Waals surface area contributed by atoms with Gasteiger partial charge in [0.2, 0.25) is 0 Å². The molecular weight excluding hydrogens is 973 g/mol. The monoisotopic (exact) mass is 1020 g/mol. The van der Waals surface area contributed by atoms with Crippen molar-refractivity contribution >= 4 is 11.5 Å². The molecule has 0 saturated heterocycles. The van der Waals surface area contributed by atoms with Gasteiger partial charge in [0.25, 0.3) is 0 Å².